The molecule has 0 aliphatic rings. The molecule has 21 heavy (non-hydrogen) atoms. The molecule has 120 valence electrons. The summed E-state index contributed by atoms with van der Waals surface area (Å²) in [7, 11) is 0. The third kappa shape index (κ3) is 8.15. The van der Waals surface area contributed by atoms with Crippen LogP contribution in [0.4, 0.5) is 0 Å². The van der Waals surface area contributed by atoms with Crippen LogP contribution < -0.4 is 0 Å². The Bertz CT molecular complexity index is 418. The van der Waals surface area contributed by atoms with Crippen molar-refractivity contribution in [2.75, 3.05) is 5.75 Å². The standard InChI is InChI=1S/C16H28N2O2S/c1-3-4-5-6-7-8-9-10-11-18-12-14(2)17-16(18)21-13-15(19)20/h12H,3-11,13H2,1-2H3,(H,19,20). The Morgan fingerprint density at radius 1 is 1.19 bits per heavy atom. The molecule has 4 nitrogen and oxygen atoms in total. The summed E-state index contributed by atoms with van der Waals surface area (Å²) in [5.74, 6) is -0.715. The van der Waals surface area contributed by atoms with Crippen LogP contribution in [0.3, 0.4) is 0 Å². The predicted molar refractivity (Wildman–Crippen MR) is 87.9 cm³/mol. The Kier molecular flexibility index (Phi) is 9.22. The molecule has 0 aliphatic carbocycles. The third-order valence-electron chi connectivity index (χ3n) is 3.44. The van der Waals surface area contributed by atoms with Crippen molar-refractivity contribution in [2.24, 2.45) is 0 Å². The molecule has 0 saturated heterocycles. The minimum atomic E-state index is -0.792. The molecule has 5 heteroatoms. The Labute approximate surface area is 132 Å². The summed E-state index contributed by atoms with van der Waals surface area (Å²) < 4.78 is 2.10. The number of carbonyl (C=O) groups is 1. The second-order valence-corrected chi connectivity index (χ2v) is 6.46. The molecule has 1 aromatic heterocycles. The van der Waals surface area contributed by atoms with E-state index in [1.165, 1.54) is 56.7 Å². The van der Waals surface area contributed by atoms with Gasteiger partial charge in [0, 0.05) is 12.7 Å². The smallest absolute Gasteiger partial charge is 0.313 e. The van der Waals surface area contributed by atoms with Crippen LogP contribution in [0, 0.1) is 6.92 Å². The zero-order valence-corrected chi connectivity index (χ0v) is 14.1. The lowest BCUT2D eigenvalue weighted by molar-refractivity contribution is -0.133. The lowest BCUT2D eigenvalue weighted by atomic mass is 10.1. The van der Waals surface area contributed by atoms with Gasteiger partial charge >= 0.3 is 5.97 Å². The van der Waals surface area contributed by atoms with E-state index in [1.807, 2.05) is 13.1 Å². The van der Waals surface area contributed by atoms with Gasteiger partial charge in [0.15, 0.2) is 5.16 Å². The number of nitrogens with zero attached hydrogens (tertiary/aromatic N) is 2. The third-order valence-corrected chi connectivity index (χ3v) is 4.41. The zero-order valence-electron chi connectivity index (χ0n) is 13.3. The summed E-state index contributed by atoms with van der Waals surface area (Å²) in [6.07, 6.45) is 12.4. The molecule has 0 radical (unpaired) electrons. The minimum Gasteiger partial charge on any atom is -0.481 e. The summed E-state index contributed by atoms with van der Waals surface area (Å²) in [5, 5.41) is 9.58. The molecule has 0 saturated carbocycles. The number of carboxylic acids is 1. The second kappa shape index (κ2) is 10.7. The fourth-order valence-electron chi connectivity index (χ4n) is 2.34. The number of hydrogen-bond acceptors (Lipinski definition) is 3. The first-order chi connectivity index (χ1) is 10.1. The van der Waals surface area contributed by atoms with E-state index in [9.17, 15) is 4.79 Å². The van der Waals surface area contributed by atoms with Crippen molar-refractivity contribution >= 4 is 17.7 Å². The maximum atomic E-state index is 10.6. The maximum Gasteiger partial charge on any atom is 0.313 e. The van der Waals surface area contributed by atoms with Crippen molar-refractivity contribution in [2.45, 2.75) is 76.9 Å². The van der Waals surface area contributed by atoms with Crippen LogP contribution in [-0.2, 0) is 11.3 Å². The normalized spacial score (nSPS) is 11.0. The lowest BCUT2D eigenvalue weighted by Gasteiger charge is -2.06. The number of thioether (sulfide) groups is 1. The molecule has 0 atom stereocenters. The van der Waals surface area contributed by atoms with Crippen molar-refractivity contribution in [3.63, 3.8) is 0 Å². The monoisotopic (exact) mass is 312 g/mol. The Morgan fingerprint density at radius 3 is 2.43 bits per heavy atom. The van der Waals surface area contributed by atoms with Crippen LogP contribution in [0.25, 0.3) is 0 Å². The minimum absolute atomic E-state index is 0.0773. The van der Waals surface area contributed by atoms with Gasteiger partial charge in [0.1, 0.15) is 0 Å². The molecular formula is C16H28N2O2S. The average Bonchev–Trinajstić information content (AvgIpc) is 2.79. The summed E-state index contributed by atoms with van der Waals surface area (Å²) >= 11 is 1.31. The van der Waals surface area contributed by atoms with Crippen LogP contribution in [0.5, 0.6) is 0 Å². The quantitative estimate of drug-likeness (QED) is 0.456. The molecular weight excluding hydrogens is 284 g/mol. The number of imidazole rings is 1. The second-order valence-electron chi connectivity index (χ2n) is 5.52. The van der Waals surface area contributed by atoms with Gasteiger partial charge in [0.05, 0.1) is 11.4 Å². The van der Waals surface area contributed by atoms with E-state index >= 15 is 0 Å². The Morgan fingerprint density at radius 2 is 1.81 bits per heavy atom. The topological polar surface area (TPSA) is 55.1 Å². The van der Waals surface area contributed by atoms with E-state index in [0.717, 1.165) is 23.8 Å². The van der Waals surface area contributed by atoms with Gasteiger partial charge in [0.25, 0.3) is 0 Å². The Hall–Kier alpha value is -0.970. The van der Waals surface area contributed by atoms with Gasteiger partial charge in [-0.25, -0.2) is 4.98 Å². The first kappa shape index (κ1) is 18.1. The zero-order chi connectivity index (χ0) is 15.5. The Balaban J connectivity index is 2.20. The van der Waals surface area contributed by atoms with Crippen LogP contribution in [-0.4, -0.2) is 26.4 Å². The van der Waals surface area contributed by atoms with E-state index < -0.39 is 5.97 Å². The molecule has 1 N–H and O–H groups in total. The fraction of sp³-hybridized carbons (Fsp3) is 0.750. The van der Waals surface area contributed by atoms with Crippen LogP contribution in [0.15, 0.2) is 11.4 Å². The molecule has 0 aromatic carbocycles. The number of aromatic nitrogens is 2. The molecule has 0 unspecified atom stereocenters. The van der Waals surface area contributed by atoms with Crippen LogP contribution >= 0.6 is 11.8 Å². The predicted octanol–water partition coefficient (Wildman–Crippen LogP) is 4.51. The largest absolute Gasteiger partial charge is 0.481 e. The molecule has 0 amide bonds. The summed E-state index contributed by atoms with van der Waals surface area (Å²) in [4.78, 5) is 15.0. The number of hydrogen-bond donors (Lipinski definition) is 1. The SMILES string of the molecule is CCCCCCCCCCn1cc(C)nc1SCC(=O)O. The van der Waals surface area contributed by atoms with Gasteiger partial charge in [-0.3, -0.25) is 4.79 Å². The first-order valence-electron chi connectivity index (χ1n) is 8.02. The van der Waals surface area contributed by atoms with Crippen molar-refractivity contribution in [3.05, 3.63) is 11.9 Å². The summed E-state index contributed by atoms with van der Waals surface area (Å²) in [6, 6.07) is 0. The number of aliphatic carboxylic acids is 1. The fourth-order valence-corrected chi connectivity index (χ4v) is 3.11. The molecule has 0 aliphatic heterocycles. The van der Waals surface area contributed by atoms with E-state index in [-0.39, 0.29) is 5.75 Å². The highest BCUT2D eigenvalue weighted by Crippen LogP contribution is 2.18. The van der Waals surface area contributed by atoms with Gasteiger partial charge in [0.2, 0.25) is 0 Å². The first-order valence-corrected chi connectivity index (χ1v) is 9.00. The number of unbranched alkanes of at least 4 members (excludes halogenated alkanes) is 7. The number of aryl methyl sites for hydroxylation is 2. The molecule has 0 fully saturated rings. The van der Waals surface area contributed by atoms with Crippen molar-refractivity contribution in [1.29, 1.82) is 0 Å². The lowest BCUT2D eigenvalue weighted by Crippen LogP contribution is -2.03. The van der Waals surface area contributed by atoms with Gasteiger partial charge in [-0.05, 0) is 13.3 Å². The molecule has 1 aromatic rings. The molecule has 1 rings (SSSR count). The van der Waals surface area contributed by atoms with E-state index in [1.54, 1.807) is 0 Å². The van der Waals surface area contributed by atoms with E-state index in [2.05, 4.69) is 16.5 Å². The van der Waals surface area contributed by atoms with Gasteiger partial charge < -0.3 is 9.67 Å². The molecule has 0 bridgehead atoms. The van der Waals surface area contributed by atoms with E-state index in [0.29, 0.717) is 0 Å². The van der Waals surface area contributed by atoms with Gasteiger partial charge in [-0.1, -0.05) is 63.6 Å². The van der Waals surface area contributed by atoms with Crippen molar-refractivity contribution < 1.29 is 9.90 Å². The number of rotatable bonds is 12. The van der Waals surface area contributed by atoms with Gasteiger partial charge in [-0.2, -0.15) is 0 Å². The van der Waals surface area contributed by atoms with Crippen LogP contribution in [0.1, 0.15) is 64.0 Å². The molecule has 1 heterocycles. The highest BCUT2D eigenvalue weighted by atomic mass is 32.2. The van der Waals surface area contributed by atoms with Crippen molar-refractivity contribution in [1.82, 2.24) is 9.55 Å². The summed E-state index contributed by atoms with van der Waals surface area (Å²) in [6.45, 7) is 5.14. The highest BCUT2D eigenvalue weighted by molar-refractivity contribution is 7.99. The molecule has 0 spiro atoms. The maximum absolute atomic E-state index is 10.6. The van der Waals surface area contributed by atoms with Crippen LogP contribution in [0.2, 0.25) is 0 Å². The summed E-state index contributed by atoms with van der Waals surface area (Å²) in [5.41, 5.74) is 0.961. The number of carboxylic acid groups (broad SMARTS) is 1. The average molecular weight is 312 g/mol. The van der Waals surface area contributed by atoms with E-state index in [4.69, 9.17) is 5.11 Å². The van der Waals surface area contributed by atoms with Gasteiger partial charge in [-0.15, -0.1) is 0 Å². The highest BCUT2D eigenvalue weighted by Gasteiger charge is 2.08. The van der Waals surface area contributed by atoms with Crippen molar-refractivity contribution in [3.8, 4) is 0 Å².